The van der Waals surface area contributed by atoms with E-state index in [0.717, 1.165) is 0 Å². The molecule has 0 fully saturated rings. The van der Waals surface area contributed by atoms with E-state index in [1.807, 2.05) is 0 Å². The minimum atomic E-state index is -1.07. The molecule has 0 aliphatic heterocycles. The molecule has 0 radical (unpaired) electrons. The molecule has 5 aromatic rings. The lowest BCUT2D eigenvalue weighted by Gasteiger charge is -2.16. The smallest absolute Gasteiger partial charge is 0.343 e. The summed E-state index contributed by atoms with van der Waals surface area (Å²) in [7, 11) is 0. The summed E-state index contributed by atoms with van der Waals surface area (Å²) < 4.78 is 11.6. The first kappa shape index (κ1) is 33.5. The molecule has 240 valence electrons. The largest absolute Gasteiger partial charge is 0.481 e. The van der Waals surface area contributed by atoms with Gasteiger partial charge >= 0.3 is 23.9 Å². The van der Waals surface area contributed by atoms with Crippen LogP contribution in [0.15, 0.2) is 115 Å². The van der Waals surface area contributed by atoms with Gasteiger partial charge in [-0.1, -0.05) is 76.6 Å². The molecule has 0 atom stereocenters. The van der Waals surface area contributed by atoms with Crippen molar-refractivity contribution in [1.29, 1.82) is 0 Å². The number of ether oxygens (including phenoxy) is 2. The Labute approximate surface area is 283 Å². The summed E-state index contributed by atoms with van der Waals surface area (Å²) in [5, 5.41) is 18.8. The Balaban J connectivity index is 1.66. The van der Waals surface area contributed by atoms with Crippen molar-refractivity contribution in [1.82, 2.24) is 0 Å². The maximum absolute atomic E-state index is 13.1. The molecule has 0 bridgehead atoms. The van der Waals surface area contributed by atoms with E-state index in [4.69, 9.17) is 9.47 Å². The van der Waals surface area contributed by atoms with Crippen molar-refractivity contribution in [2.75, 3.05) is 5.33 Å². The number of hydrogen-bond donors (Lipinski definition) is 2. The fourth-order valence-electron chi connectivity index (χ4n) is 4.99. The molecule has 0 aliphatic carbocycles. The van der Waals surface area contributed by atoms with E-state index in [1.54, 1.807) is 103 Å². The van der Waals surface area contributed by atoms with Crippen LogP contribution in [-0.2, 0) is 22.4 Å². The first-order chi connectivity index (χ1) is 23.1. The predicted octanol–water partition coefficient (Wildman–Crippen LogP) is 7.29. The van der Waals surface area contributed by atoms with Crippen LogP contribution >= 0.6 is 15.9 Å². The van der Waals surface area contributed by atoms with Crippen LogP contribution in [0.5, 0.6) is 11.5 Å². The Hall–Kier alpha value is -5.87. The van der Waals surface area contributed by atoms with Gasteiger partial charge in [-0.15, -0.1) is 0 Å². The SMILES string of the molecule is O=C(O)Cc1ccc(-c2cc(C(=O)CBr)cc(-c3ccc(CC(=O)O)cc3OC(=O)c3ccccc3)c2)c(OC(=O)c2ccccc2)c1. The van der Waals surface area contributed by atoms with Crippen molar-refractivity contribution in [3.8, 4) is 33.8 Å². The summed E-state index contributed by atoms with van der Waals surface area (Å²) >= 11 is 3.22. The molecule has 5 rings (SSSR count). The summed E-state index contributed by atoms with van der Waals surface area (Å²) in [5.41, 5.74) is 3.30. The summed E-state index contributed by atoms with van der Waals surface area (Å²) in [5.74, 6) is -3.59. The highest BCUT2D eigenvalue weighted by molar-refractivity contribution is 9.09. The molecule has 0 saturated heterocycles. The van der Waals surface area contributed by atoms with Crippen molar-refractivity contribution in [2.45, 2.75) is 12.8 Å². The number of aliphatic carboxylic acids is 2. The summed E-state index contributed by atoms with van der Waals surface area (Å²) in [6, 6.07) is 30.9. The number of carbonyl (C=O) groups is 5. The molecule has 0 heterocycles. The number of carboxylic acid groups (broad SMARTS) is 2. The molecule has 5 aromatic carbocycles. The normalized spacial score (nSPS) is 10.6. The molecule has 2 N–H and O–H groups in total. The van der Waals surface area contributed by atoms with Crippen molar-refractivity contribution >= 4 is 45.6 Å². The molecule has 0 saturated carbocycles. The van der Waals surface area contributed by atoms with Crippen LogP contribution in [0, 0.1) is 0 Å². The summed E-state index contributed by atoms with van der Waals surface area (Å²) in [6.07, 6.45) is -0.634. The number of ketones is 1. The Kier molecular flexibility index (Phi) is 10.6. The van der Waals surface area contributed by atoms with E-state index in [1.165, 1.54) is 12.1 Å². The second-order valence-electron chi connectivity index (χ2n) is 10.7. The van der Waals surface area contributed by atoms with Gasteiger partial charge < -0.3 is 19.7 Å². The van der Waals surface area contributed by atoms with E-state index in [0.29, 0.717) is 33.4 Å². The van der Waals surface area contributed by atoms with Crippen molar-refractivity contribution < 1.29 is 43.7 Å². The topological polar surface area (TPSA) is 144 Å². The average Bonchev–Trinajstić information content (AvgIpc) is 3.08. The quantitative estimate of drug-likeness (QED) is 0.0591. The monoisotopic (exact) mass is 706 g/mol. The zero-order valence-corrected chi connectivity index (χ0v) is 26.8. The molecule has 48 heavy (non-hydrogen) atoms. The van der Waals surface area contributed by atoms with Gasteiger partial charge in [-0.3, -0.25) is 14.4 Å². The van der Waals surface area contributed by atoms with Crippen LogP contribution in [0.25, 0.3) is 22.3 Å². The highest BCUT2D eigenvalue weighted by Gasteiger charge is 2.20. The van der Waals surface area contributed by atoms with E-state index >= 15 is 0 Å². The van der Waals surface area contributed by atoms with Crippen LogP contribution in [0.1, 0.15) is 42.2 Å². The highest BCUT2D eigenvalue weighted by Crippen LogP contribution is 2.39. The minimum Gasteiger partial charge on any atom is -0.481 e. The molecule has 0 aromatic heterocycles. The summed E-state index contributed by atoms with van der Waals surface area (Å²) in [4.78, 5) is 62.3. The number of carboxylic acids is 2. The number of benzene rings is 5. The molecule has 0 amide bonds. The van der Waals surface area contributed by atoms with E-state index < -0.39 is 23.9 Å². The standard InChI is InChI=1S/C38H27BrO9/c39-22-32(40)29-20-27(30-13-11-23(17-35(41)42)15-33(30)47-37(45)25-7-3-1-4-8-25)19-28(21-29)31-14-12-24(18-36(43)44)16-34(31)48-38(46)26-9-5-2-6-10-26/h1-16,19-21H,17-18,22H2,(H,41,42)(H,43,44). The van der Waals surface area contributed by atoms with Crippen LogP contribution in [-0.4, -0.2) is 45.2 Å². The molecular weight excluding hydrogens is 680 g/mol. The van der Waals surface area contributed by atoms with E-state index in [2.05, 4.69) is 15.9 Å². The molecular formula is C38H27BrO9. The molecule has 0 spiro atoms. The van der Waals surface area contributed by atoms with Crippen LogP contribution in [0.4, 0.5) is 0 Å². The Morgan fingerprint density at radius 2 is 0.938 bits per heavy atom. The number of halogens is 1. The van der Waals surface area contributed by atoms with Crippen molar-refractivity contribution in [2.24, 2.45) is 0 Å². The first-order valence-corrected chi connectivity index (χ1v) is 15.7. The lowest BCUT2D eigenvalue weighted by molar-refractivity contribution is -0.137. The number of alkyl halides is 1. The number of rotatable bonds is 12. The fourth-order valence-corrected chi connectivity index (χ4v) is 5.32. The fraction of sp³-hybridized carbons (Fsp3) is 0.0789. The van der Waals surface area contributed by atoms with Crippen LogP contribution < -0.4 is 9.47 Å². The van der Waals surface area contributed by atoms with Crippen molar-refractivity contribution in [3.63, 3.8) is 0 Å². The van der Waals surface area contributed by atoms with Crippen LogP contribution in [0.2, 0.25) is 0 Å². The zero-order valence-electron chi connectivity index (χ0n) is 25.2. The number of hydrogen-bond acceptors (Lipinski definition) is 7. The Morgan fingerprint density at radius 3 is 1.31 bits per heavy atom. The molecule has 10 heteroatoms. The van der Waals surface area contributed by atoms with E-state index in [9.17, 15) is 34.2 Å². The molecule has 9 nitrogen and oxygen atoms in total. The van der Waals surface area contributed by atoms with Crippen molar-refractivity contribution in [3.05, 3.63) is 143 Å². The predicted molar refractivity (Wildman–Crippen MR) is 181 cm³/mol. The van der Waals surface area contributed by atoms with Gasteiger partial charge in [-0.25, -0.2) is 9.59 Å². The minimum absolute atomic E-state index is 0.00328. The van der Waals surface area contributed by atoms with Gasteiger partial charge in [-0.05, 0) is 76.9 Å². The third-order valence-electron chi connectivity index (χ3n) is 7.23. The lowest BCUT2D eigenvalue weighted by Crippen LogP contribution is -2.10. The average molecular weight is 708 g/mol. The third kappa shape index (κ3) is 8.28. The van der Waals surface area contributed by atoms with Gasteiger partial charge in [0.15, 0.2) is 5.78 Å². The second-order valence-corrected chi connectivity index (χ2v) is 11.2. The van der Waals surface area contributed by atoms with Gasteiger partial charge in [0.2, 0.25) is 0 Å². The van der Waals surface area contributed by atoms with Gasteiger partial charge in [-0.2, -0.15) is 0 Å². The lowest BCUT2D eigenvalue weighted by atomic mass is 9.92. The van der Waals surface area contributed by atoms with Gasteiger partial charge in [0.1, 0.15) is 11.5 Å². The van der Waals surface area contributed by atoms with Gasteiger partial charge in [0, 0.05) is 16.7 Å². The molecule has 0 aliphatic rings. The second kappa shape index (κ2) is 15.1. The third-order valence-corrected chi connectivity index (χ3v) is 7.73. The maximum atomic E-state index is 13.1. The highest BCUT2D eigenvalue weighted by atomic mass is 79.9. The maximum Gasteiger partial charge on any atom is 0.343 e. The number of esters is 2. The van der Waals surface area contributed by atoms with Gasteiger partial charge in [0.05, 0.1) is 29.3 Å². The Morgan fingerprint density at radius 1 is 0.521 bits per heavy atom. The number of Topliss-reactive ketones (excluding diaryl/α,β-unsaturated/α-hetero) is 1. The Bertz CT molecular complexity index is 1890. The molecule has 0 unspecified atom stereocenters. The summed E-state index contributed by atoms with van der Waals surface area (Å²) in [6.45, 7) is 0. The van der Waals surface area contributed by atoms with Crippen LogP contribution in [0.3, 0.4) is 0 Å². The first-order valence-electron chi connectivity index (χ1n) is 14.6. The number of carbonyl (C=O) groups excluding carboxylic acids is 3. The zero-order chi connectivity index (χ0) is 34.2. The van der Waals surface area contributed by atoms with Gasteiger partial charge in [0.25, 0.3) is 0 Å². The van der Waals surface area contributed by atoms with E-state index in [-0.39, 0.29) is 52.1 Å².